The molecule has 86 valence electrons. The quantitative estimate of drug-likeness (QED) is 0.848. The molecule has 0 amide bonds. The Balaban J connectivity index is 2.03. The van der Waals surface area contributed by atoms with E-state index in [0.29, 0.717) is 0 Å². The molecule has 3 nitrogen and oxygen atoms in total. The molecule has 1 saturated heterocycles. The van der Waals surface area contributed by atoms with Crippen molar-refractivity contribution in [2.75, 3.05) is 7.11 Å². The van der Waals surface area contributed by atoms with E-state index < -0.39 is 0 Å². The van der Waals surface area contributed by atoms with Crippen molar-refractivity contribution in [3.05, 3.63) is 34.3 Å². The molecule has 0 radical (unpaired) electrons. The Morgan fingerprint density at radius 3 is 2.69 bits per heavy atom. The van der Waals surface area contributed by atoms with Gasteiger partial charge in [-0.2, -0.15) is 0 Å². The zero-order chi connectivity index (χ0) is 11.5. The van der Waals surface area contributed by atoms with Crippen molar-refractivity contribution < 1.29 is 9.53 Å². The molecule has 0 aliphatic carbocycles. The minimum atomic E-state index is -0.167. The van der Waals surface area contributed by atoms with E-state index in [2.05, 4.69) is 33.4 Å². The zero-order valence-electron chi connectivity index (χ0n) is 9.07. The Morgan fingerprint density at radius 2 is 2.06 bits per heavy atom. The van der Waals surface area contributed by atoms with Crippen molar-refractivity contribution in [3.8, 4) is 0 Å². The Bertz CT molecular complexity index is 377. The lowest BCUT2D eigenvalue weighted by Crippen LogP contribution is -2.33. The summed E-state index contributed by atoms with van der Waals surface area (Å²) in [4.78, 5) is 11.4. The van der Waals surface area contributed by atoms with Crippen molar-refractivity contribution in [2.24, 2.45) is 0 Å². The minimum absolute atomic E-state index is 0.154. The van der Waals surface area contributed by atoms with E-state index in [0.717, 1.165) is 17.3 Å². The van der Waals surface area contributed by atoms with Crippen LogP contribution in [0.3, 0.4) is 0 Å². The van der Waals surface area contributed by atoms with Gasteiger partial charge in [-0.25, -0.2) is 0 Å². The number of halogens is 1. The van der Waals surface area contributed by atoms with Crippen LogP contribution in [0.5, 0.6) is 0 Å². The highest BCUT2D eigenvalue weighted by Crippen LogP contribution is 2.27. The maximum absolute atomic E-state index is 11.4. The average Bonchev–Trinajstić information content (AvgIpc) is 2.78. The number of rotatable bonds is 2. The van der Waals surface area contributed by atoms with E-state index >= 15 is 0 Å². The second-order valence-electron chi connectivity index (χ2n) is 3.92. The molecule has 4 heteroatoms. The number of carbonyl (C=O) groups is 1. The Kier molecular flexibility index (Phi) is 3.61. The normalized spacial score (nSPS) is 24.4. The van der Waals surface area contributed by atoms with Gasteiger partial charge < -0.3 is 4.74 Å². The van der Waals surface area contributed by atoms with Crippen LogP contribution in [-0.2, 0) is 9.53 Å². The minimum Gasteiger partial charge on any atom is -0.468 e. The fourth-order valence-electron chi connectivity index (χ4n) is 2.03. The molecule has 0 saturated carbocycles. The molecule has 1 N–H and O–H groups in total. The highest BCUT2D eigenvalue weighted by atomic mass is 79.9. The largest absolute Gasteiger partial charge is 0.468 e. The smallest absolute Gasteiger partial charge is 0.322 e. The summed E-state index contributed by atoms with van der Waals surface area (Å²) in [5.74, 6) is -0.167. The van der Waals surface area contributed by atoms with Gasteiger partial charge in [0.2, 0.25) is 0 Å². The van der Waals surface area contributed by atoms with Gasteiger partial charge in [0.15, 0.2) is 0 Å². The van der Waals surface area contributed by atoms with E-state index in [-0.39, 0.29) is 18.1 Å². The summed E-state index contributed by atoms with van der Waals surface area (Å²) in [7, 11) is 1.43. The predicted molar refractivity (Wildman–Crippen MR) is 65.1 cm³/mol. The van der Waals surface area contributed by atoms with Gasteiger partial charge in [-0.05, 0) is 30.5 Å². The summed E-state index contributed by atoms with van der Waals surface area (Å²) in [6, 6.07) is 8.28. The van der Waals surface area contributed by atoms with Crippen LogP contribution < -0.4 is 5.32 Å². The lowest BCUT2D eigenvalue weighted by molar-refractivity contribution is -0.142. The Morgan fingerprint density at radius 1 is 1.38 bits per heavy atom. The van der Waals surface area contributed by atoms with Gasteiger partial charge in [-0.15, -0.1) is 0 Å². The molecule has 1 aromatic rings. The number of methoxy groups -OCH3 is 1. The number of carbonyl (C=O) groups excluding carboxylic acids is 1. The summed E-state index contributed by atoms with van der Waals surface area (Å²) < 4.78 is 5.80. The second kappa shape index (κ2) is 4.97. The molecule has 0 unspecified atom stereocenters. The first-order chi connectivity index (χ1) is 7.70. The first-order valence-corrected chi connectivity index (χ1v) is 6.09. The standard InChI is InChI=1S/C12H14BrNO2/c1-16-12(15)11-7-6-10(14-11)8-2-4-9(13)5-3-8/h2-5,10-11,14H,6-7H2,1H3/t10-,11-/m1/s1. The van der Waals surface area contributed by atoms with Crippen LogP contribution in [0.2, 0.25) is 0 Å². The molecular weight excluding hydrogens is 270 g/mol. The van der Waals surface area contributed by atoms with E-state index in [1.54, 1.807) is 0 Å². The van der Waals surface area contributed by atoms with E-state index in [4.69, 9.17) is 4.74 Å². The topological polar surface area (TPSA) is 38.3 Å². The maximum atomic E-state index is 11.4. The van der Waals surface area contributed by atoms with Gasteiger partial charge in [0, 0.05) is 10.5 Å². The summed E-state index contributed by atoms with van der Waals surface area (Å²) in [5.41, 5.74) is 1.22. The lowest BCUT2D eigenvalue weighted by Gasteiger charge is -2.13. The maximum Gasteiger partial charge on any atom is 0.322 e. The van der Waals surface area contributed by atoms with Gasteiger partial charge in [0.05, 0.1) is 7.11 Å². The molecule has 1 heterocycles. The highest BCUT2D eigenvalue weighted by molar-refractivity contribution is 9.10. The van der Waals surface area contributed by atoms with Crippen LogP contribution in [0.4, 0.5) is 0 Å². The lowest BCUT2D eigenvalue weighted by atomic mass is 10.1. The number of benzene rings is 1. The van der Waals surface area contributed by atoms with Gasteiger partial charge in [-0.3, -0.25) is 10.1 Å². The van der Waals surface area contributed by atoms with Crippen LogP contribution in [0.15, 0.2) is 28.7 Å². The predicted octanol–water partition coefficient (Wildman–Crippen LogP) is 2.42. The Labute approximate surface area is 103 Å². The van der Waals surface area contributed by atoms with Crippen LogP contribution in [0.25, 0.3) is 0 Å². The molecule has 1 aliphatic heterocycles. The van der Waals surface area contributed by atoms with Gasteiger partial charge in [-0.1, -0.05) is 28.1 Å². The summed E-state index contributed by atoms with van der Waals surface area (Å²) in [6.07, 6.45) is 1.81. The fraction of sp³-hybridized carbons (Fsp3) is 0.417. The van der Waals surface area contributed by atoms with Gasteiger partial charge in [0.25, 0.3) is 0 Å². The first-order valence-electron chi connectivity index (χ1n) is 5.30. The first kappa shape index (κ1) is 11.6. The number of esters is 1. The van der Waals surface area contributed by atoms with Crippen LogP contribution in [-0.4, -0.2) is 19.1 Å². The van der Waals surface area contributed by atoms with Gasteiger partial charge >= 0.3 is 5.97 Å². The number of nitrogens with one attached hydrogen (secondary N) is 1. The average molecular weight is 284 g/mol. The number of hydrogen-bond acceptors (Lipinski definition) is 3. The molecule has 1 aliphatic rings. The number of hydrogen-bond donors (Lipinski definition) is 1. The fourth-order valence-corrected chi connectivity index (χ4v) is 2.29. The molecule has 1 fully saturated rings. The van der Waals surface area contributed by atoms with Crippen LogP contribution in [0, 0.1) is 0 Å². The van der Waals surface area contributed by atoms with Crippen molar-refractivity contribution in [2.45, 2.75) is 24.9 Å². The summed E-state index contributed by atoms with van der Waals surface area (Å²) >= 11 is 3.41. The molecule has 16 heavy (non-hydrogen) atoms. The van der Waals surface area contributed by atoms with Crippen molar-refractivity contribution in [1.29, 1.82) is 0 Å². The molecule has 2 rings (SSSR count). The zero-order valence-corrected chi connectivity index (χ0v) is 10.7. The van der Waals surface area contributed by atoms with Crippen molar-refractivity contribution in [1.82, 2.24) is 5.32 Å². The van der Waals surface area contributed by atoms with E-state index in [1.165, 1.54) is 12.7 Å². The SMILES string of the molecule is COC(=O)[C@H]1CC[C@H](c2ccc(Br)cc2)N1. The van der Waals surface area contributed by atoms with Crippen molar-refractivity contribution in [3.63, 3.8) is 0 Å². The van der Waals surface area contributed by atoms with Crippen molar-refractivity contribution >= 4 is 21.9 Å². The molecule has 2 atom stereocenters. The van der Waals surface area contributed by atoms with Gasteiger partial charge in [0.1, 0.15) is 6.04 Å². The monoisotopic (exact) mass is 283 g/mol. The van der Waals surface area contributed by atoms with Crippen LogP contribution >= 0.6 is 15.9 Å². The van der Waals surface area contributed by atoms with E-state index in [1.807, 2.05) is 12.1 Å². The molecule has 0 aromatic heterocycles. The molecular formula is C12H14BrNO2. The molecule has 0 bridgehead atoms. The third-order valence-electron chi connectivity index (χ3n) is 2.90. The Hall–Kier alpha value is -0.870. The van der Waals surface area contributed by atoms with E-state index in [9.17, 15) is 4.79 Å². The molecule has 1 aromatic carbocycles. The third kappa shape index (κ3) is 2.44. The second-order valence-corrected chi connectivity index (χ2v) is 4.84. The number of ether oxygens (including phenoxy) is 1. The molecule has 0 spiro atoms. The van der Waals surface area contributed by atoms with Crippen LogP contribution in [0.1, 0.15) is 24.4 Å². The highest BCUT2D eigenvalue weighted by Gasteiger charge is 2.30. The summed E-state index contributed by atoms with van der Waals surface area (Å²) in [5, 5.41) is 3.29. The summed E-state index contributed by atoms with van der Waals surface area (Å²) in [6.45, 7) is 0. The third-order valence-corrected chi connectivity index (χ3v) is 3.43.